The van der Waals surface area contributed by atoms with Gasteiger partial charge in [-0.1, -0.05) is 60.7 Å². The molecule has 1 N–H and O–H groups in total. The number of aromatic nitrogens is 2. The number of aryl methyl sites for hydroxylation is 1. The van der Waals surface area contributed by atoms with Crippen molar-refractivity contribution in [2.45, 2.75) is 13.1 Å². The quantitative estimate of drug-likeness (QED) is 0.449. The van der Waals surface area contributed by atoms with Crippen LogP contribution in [-0.2, 0) is 6.18 Å². The fourth-order valence-corrected chi connectivity index (χ4v) is 3.49. The highest BCUT2D eigenvalue weighted by molar-refractivity contribution is 6.05. The number of amides is 1. The van der Waals surface area contributed by atoms with Gasteiger partial charge < -0.3 is 5.32 Å². The summed E-state index contributed by atoms with van der Waals surface area (Å²) >= 11 is 0. The highest BCUT2D eigenvalue weighted by atomic mass is 19.4. The van der Waals surface area contributed by atoms with Crippen LogP contribution in [0.5, 0.6) is 0 Å². The number of hydrogen-bond donors (Lipinski definition) is 1. The van der Waals surface area contributed by atoms with Gasteiger partial charge in [0.15, 0.2) is 5.69 Å². The molecule has 0 fully saturated rings. The molecule has 0 saturated carbocycles. The second-order valence-corrected chi connectivity index (χ2v) is 7.29. The van der Waals surface area contributed by atoms with E-state index in [1.807, 2.05) is 42.5 Å². The summed E-state index contributed by atoms with van der Waals surface area (Å²) in [5.41, 5.74) is -0.228. The lowest BCUT2D eigenvalue weighted by molar-refractivity contribution is -0.137. The number of rotatable bonds is 4. The van der Waals surface area contributed by atoms with Gasteiger partial charge in [-0.2, -0.15) is 18.3 Å². The van der Waals surface area contributed by atoms with Gasteiger partial charge in [-0.05, 0) is 30.7 Å². The van der Waals surface area contributed by atoms with Crippen molar-refractivity contribution < 1.29 is 18.0 Å². The zero-order valence-electron chi connectivity index (χ0n) is 17.4. The first-order valence-corrected chi connectivity index (χ1v) is 9.99. The second kappa shape index (κ2) is 8.74. The van der Waals surface area contributed by atoms with Crippen molar-refractivity contribution in [2.24, 2.45) is 0 Å². The van der Waals surface area contributed by atoms with Crippen LogP contribution >= 0.6 is 0 Å². The zero-order valence-corrected chi connectivity index (χ0v) is 17.4. The summed E-state index contributed by atoms with van der Waals surface area (Å²) in [6, 6.07) is 22.3. The van der Waals surface area contributed by atoms with Crippen molar-refractivity contribution >= 4 is 11.6 Å². The Morgan fingerprint density at radius 3 is 2.27 bits per heavy atom. The third kappa shape index (κ3) is 4.55. The van der Waals surface area contributed by atoms with Gasteiger partial charge in [0.1, 0.15) is 0 Å². The average Bonchev–Trinajstić information content (AvgIpc) is 2.79. The molecule has 0 aliphatic rings. The Hall–Kier alpha value is -4.20. The molecule has 0 bridgehead atoms. The van der Waals surface area contributed by atoms with E-state index in [1.165, 1.54) is 25.1 Å². The maximum absolute atomic E-state index is 13.5. The first-order valence-electron chi connectivity index (χ1n) is 9.99. The molecule has 8 heteroatoms. The van der Waals surface area contributed by atoms with Gasteiger partial charge in [0.05, 0.1) is 11.3 Å². The Bertz CT molecular complexity index is 1380. The van der Waals surface area contributed by atoms with Crippen molar-refractivity contribution in [3.63, 3.8) is 0 Å². The van der Waals surface area contributed by atoms with E-state index in [0.29, 0.717) is 5.69 Å². The highest BCUT2D eigenvalue weighted by Crippen LogP contribution is 2.33. The van der Waals surface area contributed by atoms with Gasteiger partial charge in [-0.15, -0.1) is 0 Å². The Morgan fingerprint density at radius 1 is 0.909 bits per heavy atom. The van der Waals surface area contributed by atoms with Crippen molar-refractivity contribution in [1.29, 1.82) is 0 Å². The topological polar surface area (TPSA) is 64.0 Å². The molecule has 1 amide bonds. The maximum atomic E-state index is 13.5. The molecule has 0 aliphatic carbocycles. The molecule has 0 saturated heterocycles. The standard InChI is InChI=1S/C25H18F3N3O2/c1-16-15-22(32)23(30-31(16)21-14-8-6-12-19(21)25(26,27)28)24(33)29-20-13-7-5-11-18(20)17-9-3-2-4-10-17/h2-15H,1H3,(H,29,33). The van der Waals surface area contributed by atoms with Crippen LogP contribution in [0.2, 0.25) is 0 Å². The molecule has 0 unspecified atom stereocenters. The Kier molecular flexibility index (Phi) is 5.83. The number of anilines is 1. The SMILES string of the molecule is Cc1cc(=O)c(C(=O)Nc2ccccc2-c2ccccc2)nn1-c1ccccc1C(F)(F)F. The predicted molar refractivity (Wildman–Crippen MR) is 119 cm³/mol. The van der Waals surface area contributed by atoms with Gasteiger partial charge in [0, 0.05) is 23.0 Å². The van der Waals surface area contributed by atoms with Crippen LogP contribution in [0.4, 0.5) is 18.9 Å². The second-order valence-electron chi connectivity index (χ2n) is 7.29. The van der Waals surface area contributed by atoms with E-state index in [-0.39, 0.29) is 11.4 Å². The van der Waals surface area contributed by atoms with E-state index in [0.717, 1.165) is 27.9 Å². The number of halogens is 3. The summed E-state index contributed by atoms with van der Waals surface area (Å²) < 4.78 is 41.5. The Labute approximate surface area is 187 Å². The molecule has 166 valence electrons. The van der Waals surface area contributed by atoms with Crippen molar-refractivity contribution in [2.75, 3.05) is 5.32 Å². The number of nitrogens with zero attached hydrogens (tertiary/aromatic N) is 2. The number of carbonyl (C=O) groups excluding carboxylic acids is 1. The summed E-state index contributed by atoms with van der Waals surface area (Å²) in [6.45, 7) is 1.45. The minimum absolute atomic E-state index is 0.165. The molecule has 0 radical (unpaired) electrons. The van der Waals surface area contributed by atoms with Crippen LogP contribution in [0.15, 0.2) is 89.7 Å². The van der Waals surface area contributed by atoms with Crippen molar-refractivity contribution in [3.8, 4) is 16.8 Å². The first-order chi connectivity index (χ1) is 15.8. The number of hydrogen-bond acceptors (Lipinski definition) is 3. The molecule has 0 atom stereocenters. The summed E-state index contributed by atoms with van der Waals surface area (Å²) in [6.07, 6.45) is -4.63. The van der Waals surface area contributed by atoms with Gasteiger partial charge in [0.2, 0.25) is 5.43 Å². The monoisotopic (exact) mass is 449 g/mol. The fraction of sp³-hybridized carbons (Fsp3) is 0.0800. The maximum Gasteiger partial charge on any atom is 0.418 e. The Morgan fingerprint density at radius 2 is 1.55 bits per heavy atom. The van der Waals surface area contributed by atoms with Crippen LogP contribution in [0.3, 0.4) is 0 Å². The van der Waals surface area contributed by atoms with Gasteiger partial charge in [0.25, 0.3) is 5.91 Å². The fourth-order valence-electron chi connectivity index (χ4n) is 3.49. The largest absolute Gasteiger partial charge is 0.418 e. The lowest BCUT2D eigenvalue weighted by Crippen LogP contribution is -2.27. The average molecular weight is 449 g/mol. The third-order valence-corrected chi connectivity index (χ3v) is 5.02. The minimum Gasteiger partial charge on any atom is -0.320 e. The van der Waals surface area contributed by atoms with Gasteiger partial charge in [-0.25, -0.2) is 4.68 Å². The predicted octanol–water partition coefficient (Wildman–Crippen LogP) is 5.48. The molecular weight excluding hydrogens is 431 g/mol. The molecule has 4 rings (SSSR count). The number of benzene rings is 3. The zero-order chi connectivity index (χ0) is 23.6. The van der Waals surface area contributed by atoms with E-state index >= 15 is 0 Å². The lowest BCUT2D eigenvalue weighted by Gasteiger charge is -2.17. The normalized spacial score (nSPS) is 11.3. The van der Waals surface area contributed by atoms with Crippen molar-refractivity contribution in [3.05, 3.63) is 112 Å². The molecule has 0 spiro atoms. The van der Waals surface area contributed by atoms with Crippen LogP contribution in [0.25, 0.3) is 16.8 Å². The van der Waals surface area contributed by atoms with Gasteiger partial charge in [-0.3, -0.25) is 9.59 Å². The molecular formula is C25H18F3N3O2. The third-order valence-electron chi connectivity index (χ3n) is 5.02. The molecule has 1 heterocycles. The lowest BCUT2D eigenvalue weighted by atomic mass is 10.0. The number of alkyl halides is 3. The number of para-hydroxylation sites is 2. The molecule has 5 nitrogen and oxygen atoms in total. The smallest absolute Gasteiger partial charge is 0.320 e. The van der Waals surface area contributed by atoms with E-state index < -0.39 is 28.8 Å². The highest BCUT2D eigenvalue weighted by Gasteiger charge is 2.34. The van der Waals surface area contributed by atoms with E-state index in [9.17, 15) is 22.8 Å². The molecule has 3 aromatic carbocycles. The van der Waals surface area contributed by atoms with Crippen molar-refractivity contribution in [1.82, 2.24) is 9.78 Å². The van der Waals surface area contributed by atoms with Crippen LogP contribution in [-0.4, -0.2) is 15.7 Å². The van der Waals surface area contributed by atoms with E-state index in [1.54, 1.807) is 12.1 Å². The number of carbonyl (C=O) groups is 1. The molecule has 33 heavy (non-hydrogen) atoms. The molecule has 1 aromatic heterocycles. The minimum atomic E-state index is -4.63. The van der Waals surface area contributed by atoms with E-state index in [2.05, 4.69) is 10.4 Å². The van der Waals surface area contributed by atoms with Crippen LogP contribution in [0, 0.1) is 6.92 Å². The molecule has 0 aliphatic heterocycles. The van der Waals surface area contributed by atoms with Gasteiger partial charge >= 0.3 is 6.18 Å². The number of nitrogens with one attached hydrogen (secondary N) is 1. The molecule has 4 aromatic rings. The summed E-state index contributed by atoms with van der Waals surface area (Å²) in [4.78, 5) is 25.5. The first kappa shape index (κ1) is 22.0. The summed E-state index contributed by atoms with van der Waals surface area (Å²) in [5, 5.41) is 6.68. The summed E-state index contributed by atoms with van der Waals surface area (Å²) in [5.74, 6) is -0.818. The van der Waals surface area contributed by atoms with E-state index in [4.69, 9.17) is 0 Å². The summed E-state index contributed by atoms with van der Waals surface area (Å²) in [7, 11) is 0. The van der Waals surface area contributed by atoms with Crippen LogP contribution in [0.1, 0.15) is 21.7 Å². The Balaban J connectivity index is 1.76. The van der Waals surface area contributed by atoms with Crippen LogP contribution < -0.4 is 10.7 Å².